The molecular weight excluding hydrogens is 169 g/mol. The van der Waals surface area contributed by atoms with Crippen LogP contribution in [0.4, 0.5) is 4.39 Å². The van der Waals surface area contributed by atoms with Crippen LogP contribution in [0, 0.1) is 0 Å². The average molecular weight is 187 g/mol. The van der Waals surface area contributed by atoms with E-state index in [0.29, 0.717) is 12.6 Å². The lowest BCUT2D eigenvalue weighted by atomic mass is 9.80. The molecule has 1 saturated carbocycles. The van der Waals surface area contributed by atoms with E-state index in [0.717, 1.165) is 12.8 Å². The number of likely N-dealkylation sites (N-methyl/N-ethyl adjacent to an activating group) is 1. The topological polar surface area (TPSA) is 12.5 Å². The van der Waals surface area contributed by atoms with E-state index in [2.05, 4.69) is 4.90 Å². The molecule has 0 spiro atoms. The van der Waals surface area contributed by atoms with Crippen LogP contribution in [0.2, 0.25) is 0 Å². The van der Waals surface area contributed by atoms with E-state index in [-0.39, 0.29) is 12.1 Å². The fraction of sp³-hybridized carbons (Fsp3) is 1.00. The molecule has 3 heteroatoms. The van der Waals surface area contributed by atoms with E-state index >= 15 is 0 Å². The number of fused-ring (bicyclic) bond motifs is 1. The number of alkyl halides is 1. The lowest BCUT2D eigenvalue weighted by molar-refractivity contribution is 0.00725. The molecule has 2 heterocycles. The van der Waals surface area contributed by atoms with Gasteiger partial charge in [0.25, 0.3) is 0 Å². The van der Waals surface area contributed by atoms with Crippen molar-refractivity contribution in [1.29, 1.82) is 0 Å². The standard InChI is InChI=1S/C10H18FNO/c1-7(2)13-6-9-10(11)4-8(5-10)12(9)3/h7-9H,4-6H2,1-3H3/t8?,9-,10?/m0/s1. The molecule has 76 valence electrons. The van der Waals surface area contributed by atoms with Crippen LogP contribution in [0.15, 0.2) is 0 Å². The molecule has 2 saturated heterocycles. The average Bonchev–Trinajstić information content (AvgIpc) is 2.32. The Morgan fingerprint density at radius 2 is 2.15 bits per heavy atom. The van der Waals surface area contributed by atoms with Gasteiger partial charge < -0.3 is 4.74 Å². The van der Waals surface area contributed by atoms with Gasteiger partial charge in [0.1, 0.15) is 5.67 Å². The summed E-state index contributed by atoms with van der Waals surface area (Å²) in [5, 5.41) is 0. The summed E-state index contributed by atoms with van der Waals surface area (Å²) < 4.78 is 19.4. The van der Waals surface area contributed by atoms with Gasteiger partial charge in [0.15, 0.2) is 0 Å². The Hall–Kier alpha value is -0.150. The van der Waals surface area contributed by atoms with Crippen molar-refractivity contribution >= 4 is 0 Å². The Bertz CT molecular complexity index is 201. The molecule has 0 amide bonds. The molecule has 2 bridgehead atoms. The molecule has 0 aromatic heterocycles. The van der Waals surface area contributed by atoms with Crippen LogP contribution in [0.3, 0.4) is 0 Å². The predicted octanol–water partition coefficient (Wildman–Crippen LogP) is 1.60. The number of ether oxygens (including phenoxy) is 1. The summed E-state index contributed by atoms with van der Waals surface area (Å²) in [6.07, 6.45) is 1.64. The Morgan fingerprint density at radius 1 is 1.54 bits per heavy atom. The van der Waals surface area contributed by atoms with Crippen molar-refractivity contribution in [3.05, 3.63) is 0 Å². The maximum Gasteiger partial charge on any atom is 0.131 e. The van der Waals surface area contributed by atoms with E-state index in [4.69, 9.17) is 4.74 Å². The van der Waals surface area contributed by atoms with E-state index in [9.17, 15) is 4.39 Å². The molecule has 3 fully saturated rings. The summed E-state index contributed by atoms with van der Waals surface area (Å²) in [7, 11) is 2.01. The van der Waals surface area contributed by atoms with Gasteiger partial charge in [-0.15, -0.1) is 0 Å². The van der Waals surface area contributed by atoms with Crippen LogP contribution >= 0.6 is 0 Å². The van der Waals surface area contributed by atoms with Crippen LogP contribution < -0.4 is 0 Å². The molecule has 0 unspecified atom stereocenters. The predicted molar refractivity (Wildman–Crippen MR) is 49.5 cm³/mol. The molecule has 1 atom stereocenters. The van der Waals surface area contributed by atoms with Gasteiger partial charge in [-0.25, -0.2) is 4.39 Å². The Labute approximate surface area is 79.1 Å². The van der Waals surface area contributed by atoms with Crippen molar-refractivity contribution in [3.8, 4) is 0 Å². The van der Waals surface area contributed by atoms with E-state index in [1.165, 1.54) is 0 Å². The van der Waals surface area contributed by atoms with Gasteiger partial charge in [0.05, 0.1) is 18.8 Å². The summed E-state index contributed by atoms with van der Waals surface area (Å²) in [5.41, 5.74) is -0.936. The Kier molecular flexibility index (Phi) is 2.11. The van der Waals surface area contributed by atoms with Gasteiger partial charge in [-0.1, -0.05) is 0 Å². The first-order valence-corrected chi connectivity index (χ1v) is 5.05. The van der Waals surface area contributed by atoms with Crippen LogP contribution in [-0.2, 0) is 4.74 Å². The second kappa shape index (κ2) is 2.92. The van der Waals surface area contributed by atoms with E-state index in [1.807, 2.05) is 20.9 Å². The fourth-order valence-electron chi connectivity index (χ4n) is 2.45. The molecule has 2 aliphatic heterocycles. The maximum absolute atomic E-state index is 13.9. The van der Waals surface area contributed by atoms with Crippen LogP contribution in [0.25, 0.3) is 0 Å². The summed E-state index contributed by atoms with van der Waals surface area (Å²) in [6, 6.07) is 0.477. The van der Waals surface area contributed by atoms with Gasteiger partial charge in [0.2, 0.25) is 0 Å². The second-order valence-corrected chi connectivity index (χ2v) is 4.66. The first kappa shape index (κ1) is 9.41. The molecule has 2 nitrogen and oxygen atoms in total. The molecule has 3 rings (SSSR count). The molecule has 3 aliphatic rings. The zero-order valence-electron chi connectivity index (χ0n) is 8.59. The summed E-state index contributed by atoms with van der Waals surface area (Å²) >= 11 is 0. The van der Waals surface area contributed by atoms with Gasteiger partial charge in [-0.3, -0.25) is 4.90 Å². The van der Waals surface area contributed by atoms with Crippen molar-refractivity contribution in [2.75, 3.05) is 13.7 Å². The molecule has 13 heavy (non-hydrogen) atoms. The lowest BCUT2D eigenvalue weighted by Gasteiger charge is -2.31. The third-order valence-corrected chi connectivity index (χ3v) is 3.40. The number of halogens is 1. The summed E-state index contributed by atoms with van der Waals surface area (Å²) in [6.45, 7) is 4.52. The highest BCUT2D eigenvalue weighted by molar-refractivity contribution is 5.15. The van der Waals surface area contributed by atoms with Gasteiger partial charge in [-0.05, 0) is 33.7 Å². The van der Waals surface area contributed by atoms with Crippen LogP contribution in [-0.4, -0.2) is 42.4 Å². The molecular formula is C10H18FNO. The van der Waals surface area contributed by atoms with Crippen molar-refractivity contribution in [2.45, 2.75) is 50.5 Å². The highest BCUT2D eigenvalue weighted by Gasteiger charge is 2.61. The normalized spacial score (nSPS) is 44.1. The molecule has 0 aromatic carbocycles. The minimum Gasteiger partial charge on any atom is -0.377 e. The zero-order chi connectivity index (χ0) is 9.64. The number of hydrogen-bond acceptors (Lipinski definition) is 2. The van der Waals surface area contributed by atoms with Crippen molar-refractivity contribution in [3.63, 3.8) is 0 Å². The molecule has 0 N–H and O–H groups in total. The van der Waals surface area contributed by atoms with E-state index in [1.54, 1.807) is 0 Å². The van der Waals surface area contributed by atoms with Crippen molar-refractivity contribution < 1.29 is 9.13 Å². The minimum atomic E-state index is -0.936. The van der Waals surface area contributed by atoms with Gasteiger partial charge >= 0.3 is 0 Å². The third kappa shape index (κ3) is 1.38. The first-order chi connectivity index (χ1) is 6.03. The SMILES string of the molecule is CC(C)OC[C@@H]1N(C)C2CC1(F)C2. The zero-order valence-corrected chi connectivity index (χ0v) is 8.59. The monoisotopic (exact) mass is 187 g/mol. The minimum absolute atomic E-state index is 0.0000926. The molecule has 0 aromatic rings. The van der Waals surface area contributed by atoms with Crippen LogP contribution in [0.1, 0.15) is 26.7 Å². The first-order valence-electron chi connectivity index (χ1n) is 5.05. The molecule has 1 aliphatic carbocycles. The number of nitrogens with zero attached hydrogens (tertiary/aromatic N) is 1. The van der Waals surface area contributed by atoms with Gasteiger partial charge in [0, 0.05) is 6.04 Å². The lowest BCUT2D eigenvalue weighted by Crippen LogP contribution is -2.42. The summed E-state index contributed by atoms with van der Waals surface area (Å²) in [5.74, 6) is 0. The summed E-state index contributed by atoms with van der Waals surface area (Å²) in [4.78, 5) is 2.14. The molecule has 0 radical (unpaired) electrons. The number of rotatable bonds is 3. The van der Waals surface area contributed by atoms with Crippen molar-refractivity contribution in [2.24, 2.45) is 0 Å². The third-order valence-electron chi connectivity index (χ3n) is 3.40. The smallest absolute Gasteiger partial charge is 0.131 e. The van der Waals surface area contributed by atoms with Crippen LogP contribution in [0.5, 0.6) is 0 Å². The van der Waals surface area contributed by atoms with Crippen molar-refractivity contribution in [1.82, 2.24) is 4.90 Å². The quantitative estimate of drug-likeness (QED) is 0.665. The maximum atomic E-state index is 13.9. The van der Waals surface area contributed by atoms with Gasteiger partial charge in [-0.2, -0.15) is 0 Å². The number of hydrogen-bond donors (Lipinski definition) is 0. The largest absolute Gasteiger partial charge is 0.377 e. The highest BCUT2D eigenvalue weighted by Crippen LogP contribution is 2.51. The second-order valence-electron chi connectivity index (χ2n) is 4.66. The highest BCUT2D eigenvalue weighted by atomic mass is 19.1. The Morgan fingerprint density at radius 3 is 2.54 bits per heavy atom. The fourth-order valence-corrected chi connectivity index (χ4v) is 2.45. The van der Waals surface area contributed by atoms with E-state index < -0.39 is 5.67 Å². The Balaban J connectivity index is 1.92.